The zero-order chi connectivity index (χ0) is 24.7. The van der Waals surface area contributed by atoms with Gasteiger partial charge in [-0.2, -0.15) is 8.78 Å². The zero-order valence-electron chi connectivity index (χ0n) is 20.4. The van der Waals surface area contributed by atoms with Crippen LogP contribution in [-0.2, 0) is 0 Å². The summed E-state index contributed by atoms with van der Waals surface area (Å²) in [6, 6.07) is 12.4. The highest BCUT2D eigenvalue weighted by molar-refractivity contribution is 5.95. The third-order valence-electron chi connectivity index (χ3n) is 6.13. The molecule has 1 spiro atoms. The minimum Gasteiger partial charge on any atom is -0.482 e. The maximum Gasteiger partial charge on any atom is 0.387 e. The van der Waals surface area contributed by atoms with Gasteiger partial charge < -0.3 is 19.7 Å². The van der Waals surface area contributed by atoms with Crippen molar-refractivity contribution in [1.82, 2.24) is 10.2 Å². The molecule has 0 aliphatic carbocycles. The second kappa shape index (κ2) is 11.5. The van der Waals surface area contributed by atoms with E-state index in [1.54, 1.807) is 11.0 Å². The molecule has 0 aromatic heterocycles. The molecule has 2 heterocycles. The molecule has 184 valence electrons. The van der Waals surface area contributed by atoms with Crippen LogP contribution >= 0.6 is 0 Å². The van der Waals surface area contributed by atoms with Crippen LogP contribution in [0, 0.1) is 0 Å². The summed E-state index contributed by atoms with van der Waals surface area (Å²) in [7, 11) is 0. The van der Waals surface area contributed by atoms with Crippen LogP contribution in [0.25, 0.3) is 5.57 Å². The first-order chi connectivity index (χ1) is 16.4. The normalized spacial score (nSPS) is 16.0. The fourth-order valence-electron chi connectivity index (χ4n) is 4.40. The summed E-state index contributed by atoms with van der Waals surface area (Å²) in [5, 5.41) is 3.34. The van der Waals surface area contributed by atoms with Gasteiger partial charge in [-0.1, -0.05) is 26.0 Å². The lowest BCUT2D eigenvalue weighted by molar-refractivity contribution is -0.0500. The maximum atomic E-state index is 12.7. The molecule has 2 aliphatic heterocycles. The Morgan fingerprint density at radius 1 is 1.09 bits per heavy atom. The van der Waals surface area contributed by atoms with E-state index in [4.69, 9.17) is 4.74 Å². The molecule has 0 atom stereocenters. The van der Waals surface area contributed by atoms with Gasteiger partial charge in [-0.05, 0) is 68.4 Å². The van der Waals surface area contributed by atoms with Crippen molar-refractivity contribution >= 4 is 11.5 Å². The first kappa shape index (κ1) is 25.7. The monoisotopic (exact) mass is 472 g/mol. The first-order valence-electron chi connectivity index (χ1n) is 12.1. The van der Waals surface area contributed by atoms with E-state index in [2.05, 4.69) is 16.1 Å². The maximum absolute atomic E-state index is 12.7. The largest absolute Gasteiger partial charge is 0.482 e. The van der Waals surface area contributed by atoms with Crippen LogP contribution in [0.2, 0.25) is 0 Å². The Hall–Kier alpha value is -2.93. The van der Waals surface area contributed by atoms with Crippen molar-refractivity contribution in [1.29, 1.82) is 0 Å². The summed E-state index contributed by atoms with van der Waals surface area (Å²) in [5.41, 5.74) is 2.87. The highest BCUT2D eigenvalue weighted by atomic mass is 19.3. The second-order valence-corrected chi connectivity index (χ2v) is 8.07. The average Bonchev–Trinajstić information content (AvgIpc) is 2.85. The molecule has 0 bridgehead atoms. The van der Waals surface area contributed by atoms with E-state index in [-0.39, 0.29) is 11.7 Å². The Labute approximate surface area is 200 Å². The number of nitrogens with zero attached hydrogens (tertiary/aromatic N) is 1. The highest BCUT2D eigenvalue weighted by Crippen LogP contribution is 2.44. The number of fused-ring (bicyclic) bond motifs is 1. The molecule has 1 amide bonds. The lowest BCUT2D eigenvalue weighted by Gasteiger charge is -2.40. The number of hydrogen-bond donors (Lipinski definition) is 1. The third kappa shape index (κ3) is 5.58. The standard InChI is InChI=1S/C25H28F2N2O3.C2H6/c1-3-29(4-2)23(30)18-7-5-17(6-8-18)21-16-25(11-13-28-14-12-25)32-22-15-19(31-24(26)27)9-10-20(21)22;1-2/h5-10,15-16,24,28H,3-4,11-14H2,1-2H3;1-2H3. The summed E-state index contributed by atoms with van der Waals surface area (Å²) in [5.74, 6) is 0.613. The van der Waals surface area contributed by atoms with Crippen LogP contribution in [0.4, 0.5) is 8.78 Å². The molecule has 34 heavy (non-hydrogen) atoms. The van der Waals surface area contributed by atoms with Crippen LogP contribution in [0.1, 0.15) is 62.0 Å². The van der Waals surface area contributed by atoms with Gasteiger partial charge in [-0.15, -0.1) is 0 Å². The van der Waals surface area contributed by atoms with Gasteiger partial charge in [0.25, 0.3) is 5.91 Å². The molecule has 1 N–H and O–H groups in total. The molecule has 0 saturated carbocycles. The van der Waals surface area contributed by atoms with Gasteiger partial charge in [0.05, 0.1) is 0 Å². The van der Waals surface area contributed by atoms with E-state index < -0.39 is 12.2 Å². The summed E-state index contributed by atoms with van der Waals surface area (Å²) in [4.78, 5) is 14.5. The fourth-order valence-corrected chi connectivity index (χ4v) is 4.40. The molecule has 0 unspecified atom stereocenters. The average molecular weight is 473 g/mol. The minimum atomic E-state index is -2.89. The van der Waals surface area contributed by atoms with Crippen molar-refractivity contribution in [3.8, 4) is 11.5 Å². The third-order valence-corrected chi connectivity index (χ3v) is 6.13. The summed E-state index contributed by atoms with van der Waals surface area (Å²) in [6.07, 6.45) is 3.69. The number of halogens is 2. The number of rotatable bonds is 6. The van der Waals surface area contributed by atoms with E-state index in [1.165, 1.54) is 12.1 Å². The zero-order valence-corrected chi connectivity index (χ0v) is 20.4. The topological polar surface area (TPSA) is 50.8 Å². The number of carbonyl (C=O) groups excluding carboxylic acids is 1. The van der Waals surface area contributed by atoms with Crippen molar-refractivity contribution in [2.75, 3.05) is 26.2 Å². The van der Waals surface area contributed by atoms with E-state index >= 15 is 0 Å². The summed E-state index contributed by atoms with van der Waals surface area (Å²) < 4.78 is 36.4. The molecular formula is C27H34F2N2O3. The van der Waals surface area contributed by atoms with E-state index in [1.807, 2.05) is 52.0 Å². The highest BCUT2D eigenvalue weighted by Gasteiger charge is 2.37. The number of hydrogen-bond acceptors (Lipinski definition) is 4. The predicted octanol–water partition coefficient (Wildman–Crippen LogP) is 5.74. The Morgan fingerprint density at radius 2 is 1.74 bits per heavy atom. The van der Waals surface area contributed by atoms with Crippen LogP contribution < -0.4 is 14.8 Å². The van der Waals surface area contributed by atoms with Crippen molar-refractivity contribution in [2.24, 2.45) is 0 Å². The van der Waals surface area contributed by atoms with Gasteiger partial charge in [0.1, 0.15) is 17.1 Å². The molecule has 4 rings (SSSR count). The molecule has 2 aliphatic rings. The molecule has 2 aromatic rings. The lowest BCUT2D eigenvalue weighted by atomic mass is 9.83. The van der Waals surface area contributed by atoms with Gasteiger partial charge in [0.2, 0.25) is 0 Å². The second-order valence-electron chi connectivity index (χ2n) is 8.07. The summed E-state index contributed by atoms with van der Waals surface area (Å²) >= 11 is 0. The van der Waals surface area contributed by atoms with Gasteiger partial charge in [-0.25, -0.2) is 0 Å². The van der Waals surface area contributed by atoms with Crippen LogP contribution in [-0.4, -0.2) is 49.2 Å². The van der Waals surface area contributed by atoms with Gasteiger partial charge in [-0.3, -0.25) is 4.79 Å². The van der Waals surface area contributed by atoms with E-state index in [0.29, 0.717) is 24.4 Å². The number of amides is 1. The minimum absolute atomic E-state index is 0.00604. The van der Waals surface area contributed by atoms with Crippen LogP contribution in [0.3, 0.4) is 0 Å². The SMILES string of the molecule is CC.CCN(CC)C(=O)c1ccc(C2=CC3(CCNCC3)Oc3cc(OC(F)F)ccc32)cc1. The Kier molecular flexibility index (Phi) is 8.67. The smallest absolute Gasteiger partial charge is 0.387 e. The van der Waals surface area contributed by atoms with Gasteiger partial charge >= 0.3 is 6.61 Å². The van der Waals surface area contributed by atoms with Gasteiger partial charge in [0.15, 0.2) is 0 Å². The van der Waals surface area contributed by atoms with Gasteiger partial charge in [0, 0.05) is 43.1 Å². The number of piperidine rings is 1. The van der Waals surface area contributed by atoms with Crippen molar-refractivity contribution in [3.63, 3.8) is 0 Å². The van der Waals surface area contributed by atoms with E-state index in [0.717, 1.165) is 42.6 Å². The molecular weight excluding hydrogens is 438 g/mol. The molecule has 0 radical (unpaired) electrons. The number of alkyl halides is 2. The summed E-state index contributed by atoms with van der Waals surface area (Å²) in [6.45, 7) is 7.97. The Balaban J connectivity index is 0.00000158. The first-order valence-corrected chi connectivity index (χ1v) is 12.1. The van der Waals surface area contributed by atoms with Crippen molar-refractivity contribution in [2.45, 2.75) is 52.7 Å². The molecule has 7 heteroatoms. The molecule has 2 aromatic carbocycles. The quantitative estimate of drug-likeness (QED) is 0.582. The Morgan fingerprint density at radius 3 is 2.32 bits per heavy atom. The van der Waals surface area contributed by atoms with Crippen molar-refractivity contribution < 1.29 is 23.0 Å². The number of carbonyl (C=O) groups is 1. The Bertz CT molecular complexity index is 995. The predicted molar refractivity (Wildman–Crippen MR) is 131 cm³/mol. The van der Waals surface area contributed by atoms with Crippen LogP contribution in [0.15, 0.2) is 48.5 Å². The fraction of sp³-hybridized carbons (Fsp3) is 0.444. The van der Waals surface area contributed by atoms with Crippen molar-refractivity contribution in [3.05, 3.63) is 65.2 Å². The number of nitrogens with one attached hydrogen (secondary N) is 1. The molecule has 1 fully saturated rings. The lowest BCUT2D eigenvalue weighted by Crippen LogP contribution is -2.46. The number of benzene rings is 2. The van der Waals surface area contributed by atoms with Crippen LogP contribution in [0.5, 0.6) is 11.5 Å². The molecule has 1 saturated heterocycles. The number of ether oxygens (including phenoxy) is 2. The van der Waals surface area contributed by atoms with E-state index in [9.17, 15) is 13.6 Å². The molecule has 5 nitrogen and oxygen atoms in total.